The number of rotatable bonds is 8. The zero-order chi connectivity index (χ0) is 22.4. The minimum Gasteiger partial charge on any atom is -0.378 e. The van der Waals surface area contributed by atoms with E-state index in [4.69, 9.17) is 11.6 Å². The number of benzene rings is 1. The number of nitrogens with zero attached hydrogens (tertiary/aromatic N) is 3. The SMILES string of the molecule is C=CC(=O)Nc1ccccc1Nc1nc(N[C@H]2CCCN(C(O)C(C)C)C2)ncc1Cl. The molecular formula is C22H29ClN6O2. The average Bonchev–Trinajstić information content (AvgIpc) is 2.76. The summed E-state index contributed by atoms with van der Waals surface area (Å²) in [6, 6.07) is 7.37. The zero-order valence-corrected chi connectivity index (χ0v) is 18.6. The van der Waals surface area contributed by atoms with E-state index in [0.717, 1.165) is 19.4 Å². The van der Waals surface area contributed by atoms with Gasteiger partial charge < -0.3 is 21.1 Å². The summed E-state index contributed by atoms with van der Waals surface area (Å²) in [5, 5.41) is 20.0. The number of hydrogen-bond acceptors (Lipinski definition) is 7. The number of carbonyl (C=O) groups is 1. The number of anilines is 4. The number of amides is 1. The van der Waals surface area contributed by atoms with E-state index in [2.05, 4.69) is 37.4 Å². The van der Waals surface area contributed by atoms with Crippen molar-refractivity contribution in [1.82, 2.24) is 14.9 Å². The number of halogens is 1. The van der Waals surface area contributed by atoms with Crippen LogP contribution in [0, 0.1) is 5.92 Å². The van der Waals surface area contributed by atoms with Gasteiger partial charge in [-0.1, -0.05) is 44.2 Å². The maximum atomic E-state index is 11.7. The van der Waals surface area contributed by atoms with Gasteiger partial charge in [-0.25, -0.2) is 4.98 Å². The number of nitrogens with one attached hydrogen (secondary N) is 3. The van der Waals surface area contributed by atoms with Gasteiger partial charge in [0.25, 0.3) is 0 Å². The molecule has 2 heterocycles. The molecule has 2 aromatic rings. The Morgan fingerprint density at radius 3 is 2.81 bits per heavy atom. The predicted molar refractivity (Wildman–Crippen MR) is 125 cm³/mol. The minimum absolute atomic E-state index is 0.121. The molecule has 2 atom stereocenters. The monoisotopic (exact) mass is 444 g/mol. The van der Waals surface area contributed by atoms with Gasteiger partial charge >= 0.3 is 0 Å². The summed E-state index contributed by atoms with van der Waals surface area (Å²) < 4.78 is 0. The molecule has 0 spiro atoms. The number of aromatic nitrogens is 2. The number of para-hydroxylation sites is 2. The van der Waals surface area contributed by atoms with Gasteiger partial charge in [0.2, 0.25) is 11.9 Å². The second kappa shape index (κ2) is 10.6. The molecule has 0 radical (unpaired) electrons. The molecule has 0 saturated carbocycles. The molecule has 4 N–H and O–H groups in total. The Kier molecular flexibility index (Phi) is 7.84. The van der Waals surface area contributed by atoms with Crippen LogP contribution in [0.5, 0.6) is 0 Å². The van der Waals surface area contributed by atoms with Crippen LogP contribution in [0.15, 0.2) is 43.1 Å². The first-order valence-corrected chi connectivity index (χ1v) is 10.8. The van der Waals surface area contributed by atoms with E-state index in [1.54, 1.807) is 6.07 Å². The Morgan fingerprint density at radius 1 is 1.35 bits per heavy atom. The van der Waals surface area contributed by atoms with Crippen molar-refractivity contribution in [1.29, 1.82) is 0 Å². The first-order chi connectivity index (χ1) is 14.9. The van der Waals surface area contributed by atoms with Gasteiger partial charge in [0.15, 0.2) is 5.82 Å². The van der Waals surface area contributed by atoms with E-state index in [1.807, 2.05) is 32.0 Å². The quantitative estimate of drug-likeness (QED) is 0.458. The predicted octanol–water partition coefficient (Wildman–Crippen LogP) is 3.85. The van der Waals surface area contributed by atoms with Gasteiger partial charge in [-0.2, -0.15) is 4.98 Å². The van der Waals surface area contributed by atoms with Gasteiger partial charge in [0.1, 0.15) is 11.3 Å². The molecule has 31 heavy (non-hydrogen) atoms. The summed E-state index contributed by atoms with van der Waals surface area (Å²) in [7, 11) is 0. The van der Waals surface area contributed by atoms with Crippen molar-refractivity contribution in [3.63, 3.8) is 0 Å². The highest BCUT2D eigenvalue weighted by Gasteiger charge is 2.26. The van der Waals surface area contributed by atoms with Crippen LogP contribution in [0.4, 0.5) is 23.1 Å². The van der Waals surface area contributed by atoms with Crippen LogP contribution in [0.2, 0.25) is 5.02 Å². The molecule has 1 unspecified atom stereocenters. The fraction of sp³-hybridized carbons (Fsp3) is 0.409. The molecule has 0 aliphatic carbocycles. The number of hydrogen-bond donors (Lipinski definition) is 4. The Morgan fingerprint density at radius 2 is 2.10 bits per heavy atom. The molecule has 1 saturated heterocycles. The molecule has 1 aromatic heterocycles. The molecule has 1 amide bonds. The number of aliphatic hydroxyl groups is 1. The molecule has 1 aliphatic heterocycles. The molecule has 3 rings (SSSR count). The van der Waals surface area contributed by atoms with Gasteiger partial charge in [-0.3, -0.25) is 9.69 Å². The number of aliphatic hydroxyl groups excluding tert-OH is 1. The van der Waals surface area contributed by atoms with E-state index in [1.165, 1.54) is 12.3 Å². The highest BCUT2D eigenvalue weighted by atomic mass is 35.5. The van der Waals surface area contributed by atoms with Crippen LogP contribution in [0.1, 0.15) is 26.7 Å². The number of carbonyl (C=O) groups excluding carboxylic acids is 1. The first-order valence-electron chi connectivity index (χ1n) is 10.4. The smallest absolute Gasteiger partial charge is 0.247 e. The van der Waals surface area contributed by atoms with E-state index in [-0.39, 0.29) is 17.9 Å². The lowest BCUT2D eigenvalue weighted by molar-refractivity contribution is -0.111. The van der Waals surface area contributed by atoms with Crippen LogP contribution in [-0.2, 0) is 4.79 Å². The third kappa shape index (κ3) is 6.16. The fourth-order valence-electron chi connectivity index (χ4n) is 3.51. The Bertz CT molecular complexity index is 923. The average molecular weight is 445 g/mol. The molecule has 9 heteroatoms. The van der Waals surface area contributed by atoms with Gasteiger partial charge in [0.05, 0.1) is 17.6 Å². The molecule has 1 aromatic carbocycles. The normalized spacial score (nSPS) is 17.8. The first kappa shape index (κ1) is 23.0. The van der Waals surface area contributed by atoms with Crippen LogP contribution in [0.25, 0.3) is 0 Å². The van der Waals surface area contributed by atoms with Gasteiger partial charge in [-0.05, 0) is 37.0 Å². The molecule has 166 valence electrons. The second-order valence-corrected chi connectivity index (χ2v) is 8.30. The van der Waals surface area contributed by atoms with E-state index >= 15 is 0 Å². The highest BCUT2D eigenvalue weighted by Crippen LogP contribution is 2.29. The second-order valence-electron chi connectivity index (χ2n) is 7.89. The summed E-state index contributed by atoms with van der Waals surface area (Å²) in [4.78, 5) is 22.6. The summed E-state index contributed by atoms with van der Waals surface area (Å²) in [5.41, 5.74) is 1.23. The molecule has 1 aliphatic rings. The zero-order valence-electron chi connectivity index (χ0n) is 17.8. The summed E-state index contributed by atoms with van der Waals surface area (Å²) in [5.74, 6) is 0.735. The largest absolute Gasteiger partial charge is 0.378 e. The van der Waals surface area contributed by atoms with Crippen LogP contribution in [-0.4, -0.2) is 51.2 Å². The van der Waals surface area contributed by atoms with Crippen molar-refractivity contribution in [3.8, 4) is 0 Å². The molecule has 1 fully saturated rings. The summed E-state index contributed by atoms with van der Waals surface area (Å²) >= 11 is 6.31. The minimum atomic E-state index is -0.463. The standard InChI is InChI=1S/C22H29ClN6O2/c1-4-19(30)26-17-9-5-6-10-18(17)27-20-16(23)12-24-22(28-20)25-15-8-7-11-29(13-15)21(31)14(2)3/h4-6,9-10,12,14-15,21,31H,1,7-8,11,13H2,2-3H3,(H,26,30)(H2,24,25,27,28)/t15-,21?/m0/s1. The lowest BCUT2D eigenvalue weighted by Gasteiger charge is -2.37. The Hall–Kier alpha value is -2.68. The lowest BCUT2D eigenvalue weighted by Crippen LogP contribution is -2.49. The van der Waals surface area contributed by atoms with Crippen molar-refractivity contribution >= 4 is 40.6 Å². The van der Waals surface area contributed by atoms with Crippen LogP contribution >= 0.6 is 11.6 Å². The van der Waals surface area contributed by atoms with Crippen molar-refractivity contribution in [2.24, 2.45) is 5.92 Å². The Balaban J connectivity index is 1.73. The molecule has 0 bridgehead atoms. The van der Waals surface area contributed by atoms with Crippen molar-refractivity contribution < 1.29 is 9.90 Å². The Labute approximate surface area is 187 Å². The third-order valence-electron chi connectivity index (χ3n) is 5.12. The van der Waals surface area contributed by atoms with Gasteiger partial charge in [-0.15, -0.1) is 0 Å². The fourth-order valence-corrected chi connectivity index (χ4v) is 3.64. The maximum Gasteiger partial charge on any atom is 0.247 e. The van der Waals surface area contributed by atoms with E-state index in [0.29, 0.717) is 34.7 Å². The molecule has 8 nitrogen and oxygen atoms in total. The highest BCUT2D eigenvalue weighted by molar-refractivity contribution is 6.33. The van der Waals surface area contributed by atoms with E-state index < -0.39 is 6.23 Å². The van der Waals surface area contributed by atoms with E-state index in [9.17, 15) is 9.90 Å². The summed E-state index contributed by atoms with van der Waals surface area (Å²) in [6.45, 7) is 9.08. The lowest BCUT2D eigenvalue weighted by atomic mass is 10.0. The third-order valence-corrected chi connectivity index (χ3v) is 5.40. The van der Waals surface area contributed by atoms with Crippen LogP contribution in [0.3, 0.4) is 0 Å². The molecular weight excluding hydrogens is 416 g/mol. The number of likely N-dealkylation sites (tertiary alicyclic amines) is 1. The van der Waals surface area contributed by atoms with Crippen LogP contribution < -0.4 is 16.0 Å². The van der Waals surface area contributed by atoms with Gasteiger partial charge in [0, 0.05) is 19.1 Å². The topological polar surface area (TPSA) is 102 Å². The summed E-state index contributed by atoms with van der Waals surface area (Å²) in [6.07, 6.45) is 4.23. The number of piperidine rings is 1. The van der Waals surface area contributed by atoms with Crippen molar-refractivity contribution in [2.45, 2.75) is 39.0 Å². The van der Waals surface area contributed by atoms with Crippen molar-refractivity contribution in [3.05, 3.63) is 48.1 Å². The van der Waals surface area contributed by atoms with Crippen molar-refractivity contribution in [2.75, 3.05) is 29.0 Å². The maximum absolute atomic E-state index is 11.7.